The number of carbonyl (C=O) groups is 1. The zero-order chi connectivity index (χ0) is 18.4. The highest BCUT2D eigenvalue weighted by atomic mass is 35.5. The molecule has 0 atom stereocenters. The third-order valence-electron chi connectivity index (χ3n) is 3.28. The van der Waals surface area contributed by atoms with Crippen molar-refractivity contribution in [3.05, 3.63) is 58.6 Å². The van der Waals surface area contributed by atoms with Gasteiger partial charge < -0.3 is 10.6 Å². The summed E-state index contributed by atoms with van der Waals surface area (Å²) in [6.07, 6.45) is -4.53. The maximum absolute atomic E-state index is 12.7. The van der Waals surface area contributed by atoms with Gasteiger partial charge in [0.05, 0.1) is 27.5 Å². The minimum atomic E-state index is -4.52. The summed E-state index contributed by atoms with van der Waals surface area (Å²) in [6, 6.07) is 11.5. The third kappa shape index (κ3) is 5.13. The van der Waals surface area contributed by atoms with E-state index < -0.39 is 17.6 Å². The molecule has 4 nitrogen and oxygen atoms in total. The summed E-state index contributed by atoms with van der Waals surface area (Å²) < 4.78 is 38.1. The molecular formula is C17H13ClF3N3O. The molecule has 0 spiro atoms. The first kappa shape index (κ1) is 18.6. The maximum Gasteiger partial charge on any atom is 0.416 e. The lowest BCUT2D eigenvalue weighted by Gasteiger charge is -2.12. The highest BCUT2D eigenvalue weighted by Gasteiger charge is 2.31. The van der Waals surface area contributed by atoms with Crippen LogP contribution < -0.4 is 10.6 Å². The van der Waals surface area contributed by atoms with Crippen LogP contribution in [0.1, 0.15) is 17.5 Å². The molecule has 0 unspecified atom stereocenters. The lowest BCUT2D eigenvalue weighted by molar-refractivity contribution is -0.137. The number of anilines is 2. The number of amides is 1. The zero-order valence-corrected chi connectivity index (χ0v) is 13.6. The molecule has 0 fully saturated rings. The molecule has 8 heteroatoms. The second-order valence-electron chi connectivity index (χ2n) is 5.07. The van der Waals surface area contributed by atoms with Gasteiger partial charge in [-0.25, -0.2) is 0 Å². The van der Waals surface area contributed by atoms with Crippen molar-refractivity contribution in [2.45, 2.75) is 12.6 Å². The summed E-state index contributed by atoms with van der Waals surface area (Å²) in [6.45, 7) is 0.209. The molecule has 0 aliphatic rings. The lowest BCUT2D eigenvalue weighted by Crippen LogP contribution is -2.17. The van der Waals surface area contributed by atoms with Gasteiger partial charge >= 0.3 is 6.18 Å². The van der Waals surface area contributed by atoms with Gasteiger partial charge in [0, 0.05) is 13.0 Å². The van der Waals surface area contributed by atoms with Gasteiger partial charge in [-0.1, -0.05) is 23.7 Å². The molecule has 2 aromatic carbocycles. The van der Waals surface area contributed by atoms with Crippen LogP contribution >= 0.6 is 11.6 Å². The number of carbonyl (C=O) groups excluding carboxylic acids is 1. The molecular weight excluding hydrogens is 355 g/mol. The van der Waals surface area contributed by atoms with Crippen molar-refractivity contribution in [2.75, 3.05) is 17.2 Å². The van der Waals surface area contributed by atoms with Gasteiger partial charge in [-0.2, -0.15) is 18.4 Å². The molecule has 130 valence electrons. The molecule has 2 rings (SSSR count). The Morgan fingerprint density at radius 2 is 1.88 bits per heavy atom. The van der Waals surface area contributed by atoms with Crippen molar-refractivity contribution >= 4 is 28.9 Å². The number of nitriles is 1. The molecule has 0 aliphatic carbocycles. The first-order valence-electron chi connectivity index (χ1n) is 7.21. The Labute approximate surface area is 147 Å². The largest absolute Gasteiger partial charge is 0.416 e. The molecule has 25 heavy (non-hydrogen) atoms. The van der Waals surface area contributed by atoms with E-state index in [-0.39, 0.29) is 23.7 Å². The van der Waals surface area contributed by atoms with Gasteiger partial charge in [-0.05, 0) is 30.3 Å². The van der Waals surface area contributed by atoms with Crippen molar-refractivity contribution in [1.82, 2.24) is 0 Å². The fraction of sp³-hybridized carbons (Fsp3) is 0.176. The van der Waals surface area contributed by atoms with Gasteiger partial charge in [0.15, 0.2) is 0 Å². The summed E-state index contributed by atoms with van der Waals surface area (Å²) in [4.78, 5) is 11.9. The van der Waals surface area contributed by atoms with Crippen LogP contribution in [0, 0.1) is 11.3 Å². The molecule has 0 saturated carbocycles. The smallest absolute Gasteiger partial charge is 0.383 e. The number of benzene rings is 2. The molecule has 2 aromatic rings. The summed E-state index contributed by atoms with van der Waals surface area (Å²) in [5.74, 6) is -0.497. The number of para-hydroxylation sites is 1. The summed E-state index contributed by atoms with van der Waals surface area (Å²) >= 11 is 5.83. The van der Waals surface area contributed by atoms with E-state index in [0.717, 1.165) is 18.2 Å². The van der Waals surface area contributed by atoms with E-state index in [2.05, 4.69) is 10.6 Å². The average Bonchev–Trinajstić information content (AvgIpc) is 2.56. The van der Waals surface area contributed by atoms with Gasteiger partial charge in [-0.3, -0.25) is 4.79 Å². The van der Waals surface area contributed by atoms with Crippen LogP contribution in [0.4, 0.5) is 24.5 Å². The number of nitrogens with zero attached hydrogens (tertiary/aromatic N) is 1. The normalized spacial score (nSPS) is 10.8. The van der Waals surface area contributed by atoms with E-state index in [9.17, 15) is 18.0 Å². The van der Waals surface area contributed by atoms with Crippen LogP contribution in [-0.2, 0) is 11.0 Å². The van der Waals surface area contributed by atoms with E-state index in [1.54, 1.807) is 24.3 Å². The number of rotatable bonds is 5. The Balaban J connectivity index is 1.96. The Bertz CT molecular complexity index is 816. The van der Waals surface area contributed by atoms with Crippen molar-refractivity contribution in [3.63, 3.8) is 0 Å². The van der Waals surface area contributed by atoms with Crippen LogP contribution in [-0.4, -0.2) is 12.5 Å². The van der Waals surface area contributed by atoms with Crippen molar-refractivity contribution < 1.29 is 18.0 Å². The van der Waals surface area contributed by atoms with Crippen LogP contribution in [0.5, 0.6) is 0 Å². The molecule has 0 aromatic heterocycles. The standard InChI is InChI=1S/C17H13ClF3N3O/c18-13-6-5-12(17(19,20)21)9-15(13)24-16(25)7-8-23-14-4-2-1-3-11(14)10-22/h1-6,9,23H,7-8H2,(H,24,25). The number of nitrogens with one attached hydrogen (secondary N) is 2. The number of alkyl halides is 3. The van der Waals surface area contributed by atoms with Crippen molar-refractivity contribution in [2.24, 2.45) is 0 Å². The number of halogens is 4. The van der Waals surface area contributed by atoms with E-state index in [1.165, 1.54) is 0 Å². The Kier molecular flexibility index (Phi) is 5.88. The molecule has 1 amide bonds. The number of hydrogen-bond donors (Lipinski definition) is 2. The highest BCUT2D eigenvalue weighted by molar-refractivity contribution is 6.33. The van der Waals surface area contributed by atoms with Crippen molar-refractivity contribution in [3.8, 4) is 6.07 Å². The topological polar surface area (TPSA) is 64.9 Å². The Hall–Kier alpha value is -2.72. The zero-order valence-electron chi connectivity index (χ0n) is 12.8. The van der Waals surface area contributed by atoms with Gasteiger partial charge in [0.25, 0.3) is 0 Å². The van der Waals surface area contributed by atoms with E-state index in [0.29, 0.717) is 11.3 Å². The minimum absolute atomic E-state index is 0.00760. The monoisotopic (exact) mass is 367 g/mol. The van der Waals surface area contributed by atoms with Crippen LogP contribution in [0.3, 0.4) is 0 Å². The van der Waals surface area contributed by atoms with E-state index >= 15 is 0 Å². The quantitative estimate of drug-likeness (QED) is 0.807. The molecule has 0 saturated heterocycles. The fourth-order valence-electron chi connectivity index (χ4n) is 2.06. The molecule has 0 bridgehead atoms. The van der Waals surface area contributed by atoms with Crippen LogP contribution in [0.2, 0.25) is 5.02 Å². The van der Waals surface area contributed by atoms with Gasteiger partial charge in [0.2, 0.25) is 5.91 Å². The first-order valence-corrected chi connectivity index (χ1v) is 7.58. The molecule has 2 N–H and O–H groups in total. The average molecular weight is 368 g/mol. The molecule has 0 radical (unpaired) electrons. The second-order valence-corrected chi connectivity index (χ2v) is 5.48. The predicted molar refractivity (Wildman–Crippen MR) is 89.3 cm³/mol. The Morgan fingerprint density at radius 3 is 2.56 bits per heavy atom. The summed E-state index contributed by atoms with van der Waals surface area (Å²) in [5.41, 5.74) is 0.0194. The number of hydrogen-bond acceptors (Lipinski definition) is 3. The first-order chi connectivity index (χ1) is 11.8. The maximum atomic E-state index is 12.7. The highest BCUT2D eigenvalue weighted by Crippen LogP contribution is 2.33. The van der Waals surface area contributed by atoms with Gasteiger partial charge in [0.1, 0.15) is 6.07 Å². The minimum Gasteiger partial charge on any atom is -0.383 e. The van der Waals surface area contributed by atoms with E-state index in [4.69, 9.17) is 16.9 Å². The SMILES string of the molecule is N#Cc1ccccc1NCCC(=O)Nc1cc(C(F)(F)F)ccc1Cl. The summed E-state index contributed by atoms with van der Waals surface area (Å²) in [7, 11) is 0. The van der Waals surface area contributed by atoms with Crippen molar-refractivity contribution in [1.29, 1.82) is 5.26 Å². The molecule has 0 aliphatic heterocycles. The van der Waals surface area contributed by atoms with Crippen LogP contribution in [0.15, 0.2) is 42.5 Å². The Morgan fingerprint density at radius 1 is 1.16 bits per heavy atom. The molecule has 0 heterocycles. The predicted octanol–water partition coefficient (Wildman–Crippen LogP) is 4.67. The fourth-order valence-corrected chi connectivity index (χ4v) is 2.22. The summed E-state index contributed by atoms with van der Waals surface area (Å²) in [5, 5.41) is 14.3. The lowest BCUT2D eigenvalue weighted by atomic mass is 10.2. The van der Waals surface area contributed by atoms with E-state index in [1.807, 2.05) is 6.07 Å². The van der Waals surface area contributed by atoms with Gasteiger partial charge in [-0.15, -0.1) is 0 Å². The van der Waals surface area contributed by atoms with Crippen LogP contribution in [0.25, 0.3) is 0 Å². The third-order valence-corrected chi connectivity index (χ3v) is 3.61. The second kappa shape index (κ2) is 7.90.